The lowest BCUT2D eigenvalue weighted by atomic mass is 9.89. The van der Waals surface area contributed by atoms with E-state index < -0.39 is 0 Å². The maximum Gasteiger partial charge on any atom is 0.223 e. The van der Waals surface area contributed by atoms with Gasteiger partial charge in [-0.15, -0.1) is 0 Å². The Morgan fingerprint density at radius 2 is 2.00 bits per heavy atom. The Labute approximate surface area is 92.2 Å². The van der Waals surface area contributed by atoms with Gasteiger partial charge in [-0.25, -0.2) is 0 Å². The van der Waals surface area contributed by atoms with Crippen LogP contribution in [0.3, 0.4) is 0 Å². The average Bonchev–Trinajstić information content (AvgIpc) is 2.46. The van der Waals surface area contributed by atoms with Gasteiger partial charge in [0.1, 0.15) is 0 Å². The number of carbonyl (C=O) groups is 1. The summed E-state index contributed by atoms with van der Waals surface area (Å²) in [6, 6.07) is 0. The number of carbonyl (C=O) groups excluding carboxylic acids is 1. The molecular weight excluding hydrogens is 188 g/mol. The molecule has 3 heteroatoms. The summed E-state index contributed by atoms with van der Waals surface area (Å²) in [5, 5.41) is 3.28. The first-order valence-electron chi connectivity index (χ1n) is 6.35. The summed E-state index contributed by atoms with van der Waals surface area (Å²) < 4.78 is 0. The van der Waals surface area contributed by atoms with Gasteiger partial charge in [0.25, 0.3) is 0 Å². The molecule has 15 heavy (non-hydrogen) atoms. The van der Waals surface area contributed by atoms with E-state index in [2.05, 4.69) is 10.2 Å². The Kier molecular flexibility index (Phi) is 4.01. The zero-order chi connectivity index (χ0) is 10.5. The van der Waals surface area contributed by atoms with Crippen molar-refractivity contribution in [2.45, 2.75) is 38.5 Å². The van der Waals surface area contributed by atoms with Crippen LogP contribution in [0, 0.1) is 5.92 Å². The molecule has 1 amide bonds. The molecule has 0 unspecified atom stereocenters. The molecule has 1 aliphatic carbocycles. The summed E-state index contributed by atoms with van der Waals surface area (Å²) in [6.07, 6.45) is 7.48. The first kappa shape index (κ1) is 10.9. The van der Waals surface area contributed by atoms with Crippen molar-refractivity contribution in [1.82, 2.24) is 10.2 Å². The van der Waals surface area contributed by atoms with Crippen molar-refractivity contribution in [1.29, 1.82) is 0 Å². The van der Waals surface area contributed by atoms with Crippen molar-refractivity contribution in [3.05, 3.63) is 0 Å². The van der Waals surface area contributed by atoms with Crippen LogP contribution in [0.2, 0.25) is 0 Å². The van der Waals surface area contributed by atoms with Crippen molar-refractivity contribution in [2.24, 2.45) is 5.92 Å². The topological polar surface area (TPSA) is 32.3 Å². The molecule has 1 saturated carbocycles. The highest BCUT2D eigenvalue weighted by molar-refractivity contribution is 5.76. The predicted octanol–water partition coefficient (Wildman–Crippen LogP) is 1.39. The second-order valence-electron chi connectivity index (χ2n) is 4.84. The van der Waals surface area contributed by atoms with Gasteiger partial charge in [0, 0.05) is 32.6 Å². The monoisotopic (exact) mass is 210 g/mol. The first-order valence-corrected chi connectivity index (χ1v) is 6.35. The number of rotatable bonds is 2. The van der Waals surface area contributed by atoms with Gasteiger partial charge in [-0.2, -0.15) is 0 Å². The Balaban J connectivity index is 1.82. The van der Waals surface area contributed by atoms with Gasteiger partial charge in [-0.05, 0) is 18.8 Å². The minimum absolute atomic E-state index is 0.352. The molecule has 0 aromatic rings. The minimum Gasteiger partial charge on any atom is -0.341 e. The minimum atomic E-state index is 0.352. The van der Waals surface area contributed by atoms with Crippen molar-refractivity contribution in [2.75, 3.05) is 26.2 Å². The SMILES string of the molecule is O=C1CCNCCN1CC1CCCCC1. The van der Waals surface area contributed by atoms with E-state index in [9.17, 15) is 4.79 Å². The zero-order valence-corrected chi connectivity index (χ0v) is 9.50. The molecule has 2 aliphatic rings. The maximum atomic E-state index is 11.8. The van der Waals surface area contributed by atoms with E-state index in [0.29, 0.717) is 12.3 Å². The molecule has 2 fully saturated rings. The molecule has 0 aromatic heterocycles. The number of nitrogens with zero attached hydrogens (tertiary/aromatic N) is 1. The normalized spacial score (nSPS) is 25.3. The molecule has 1 aliphatic heterocycles. The van der Waals surface area contributed by atoms with E-state index in [1.807, 2.05) is 0 Å². The Morgan fingerprint density at radius 1 is 1.20 bits per heavy atom. The zero-order valence-electron chi connectivity index (χ0n) is 9.50. The van der Waals surface area contributed by atoms with Crippen LogP contribution >= 0.6 is 0 Å². The summed E-state index contributed by atoms with van der Waals surface area (Å²) in [5.74, 6) is 1.13. The largest absolute Gasteiger partial charge is 0.341 e. The molecule has 3 nitrogen and oxygen atoms in total. The van der Waals surface area contributed by atoms with Crippen molar-refractivity contribution in [3.8, 4) is 0 Å². The van der Waals surface area contributed by atoms with Gasteiger partial charge >= 0.3 is 0 Å². The summed E-state index contributed by atoms with van der Waals surface area (Å²) in [4.78, 5) is 13.9. The fraction of sp³-hybridized carbons (Fsp3) is 0.917. The fourth-order valence-electron chi connectivity index (χ4n) is 2.69. The summed E-state index contributed by atoms with van der Waals surface area (Å²) in [6.45, 7) is 3.76. The van der Waals surface area contributed by atoms with Crippen LogP contribution in [0.25, 0.3) is 0 Å². The number of hydrogen-bond donors (Lipinski definition) is 1. The van der Waals surface area contributed by atoms with Crippen molar-refractivity contribution >= 4 is 5.91 Å². The quantitative estimate of drug-likeness (QED) is 0.747. The maximum absolute atomic E-state index is 11.8. The van der Waals surface area contributed by atoms with Crippen LogP contribution in [-0.4, -0.2) is 37.0 Å². The van der Waals surface area contributed by atoms with Crippen LogP contribution < -0.4 is 5.32 Å². The van der Waals surface area contributed by atoms with Gasteiger partial charge in [-0.1, -0.05) is 19.3 Å². The summed E-state index contributed by atoms with van der Waals surface area (Å²) in [5.41, 5.74) is 0. The molecule has 0 spiro atoms. The number of nitrogens with one attached hydrogen (secondary N) is 1. The van der Waals surface area contributed by atoms with Crippen LogP contribution in [-0.2, 0) is 4.79 Å². The van der Waals surface area contributed by atoms with Gasteiger partial charge in [-0.3, -0.25) is 4.79 Å². The lowest BCUT2D eigenvalue weighted by molar-refractivity contribution is -0.131. The van der Waals surface area contributed by atoms with Gasteiger partial charge in [0.05, 0.1) is 0 Å². The van der Waals surface area contributed by atoms with Gasteiger partial charge < -0.3 is 10.2 Å². The Bertz CT molecular complexity index is 212. The van der Waals surface area contributed by atoms with E-state index >= 15 is 0 Å². The third kappa shape index (κ3) is 3.20. The second-order valence-corrected chi connectivity index (χ2v) is 4.84. The van der Waals surface area contributed by atoms with Crippen molar-refractivity contribution in [3.63, 3.8) is 0 Å². The molecule has 1 N–H and O–H groups in total. The van der Waals surface area contributed by atoms with Crippen LogP contribution in [0.5, 0.6) is 0 Å². The first-order chi connectivity index (χ1) is 7.36. The average molecular weight is 210 g/mol. The number of hydrogen-bond acceptors (Lipinski definition) is 2. The second kappa shape index (κ2) is 5.50. The van der Waals surface area contributed by atoms with Crippen molar-refractivity contribution < 1.29 is 4.79 Å². The number of amides is 1. The Hall–Kier alpha value is -0.570. The molecule has 0 aromatic carbocycles. The molecule has 86 valence electrons. The van der Waals surface area contributed by atoms with Gasteiger partial charge in [0.15, 0.2) is 0 Å². The van der Waals surface area contributed by atoms with Crippen LogP contribution in [0.4, 0.5) is 0 Å². The van der Waals surface area contributed by atoms with E-state index in [-0.39, 0.29) is 0 Å². The molecule has 0 radical (unpaired) electrons. The van der Waals surface area contributed by atoms with Crippen LogP contribution in [0.15, 0.2) is 0 Å². The summed E-state index contributed by atoms with van der Waals surface area (Å²) >= 11 is 0. The van der Waals surface area contributed by atoms with E-state index in [1.54, 1.807) is 0 Å². The smallest absolute Gasteiger partial charge is 0.223 e. The fourth-order valence-corrected chi connectivity index (χ4v) is 2.69. The highest BCUT2D eigenvalue weighted by Gasteiger charge is 2.21. The van der Waals surface area contributed by atoms with Gasteiger partial charge in [0.2, 0.25) is 5.91 Å². The highest BCUT2D eigenvalue weighted by atomic mass is 16.2. The molecule has 1 heterocycles. The molecule has 2 rings (SSSR count). The molecule has 0 bridgehead atoms. The van der Waals surface area contributed by atoms with Crippen LogP contribution in [0.1, 0.15) is 38.5 Å². The third-order valence-electron chi connectivity index (χ3n) is 3.63. The molecular formula is C12H22N2O. The van der Waals surface area contributed by atoms with E-state index in [4.69, 9.17) is 0 Å². The predicted molar refractivity (Wildman–Crippen MR) is 60.6 cm³/mol. The molecule has 1 saturated heterocycles. The highest BCUT2D eigenvalue weighted by Crippen LogP contribution is 2.24. The third-order valence-corrected chi connectivity index (χ3v) is 3.63. The lowest BCUT2D eigenvalue weighted by Gasteiger charge is -2.28. The Morgan fingerprint density at radius 3 is 2.80 bits per heavy atom. The standard InChI is InChI=1S/C12H22N2O/c15-12-6-7-13-8-9-14(12)10-11-4-2-1-3-5-11/h11,13H,1-10H2. The molecule has 0 atom stereocenters. The summed E-state index contributed by atoms with van der Waals surface area (Å²) in [7, 11) is 0. The van der Waals surface area contributed by atoms with E-state index in [1.165, 1.54) is 32.1 Å². The lowest BCUT2D eigenvalue weighted by Crippen LogP contribution is -2.37. The van der Waals surface area contributed by atoms with E-state index in [0.717, 1.165) is 32.1 Å².